The normalized spacial score (nSPS) is 15.0. The average molecular weight is 432 g/mol. The molecule has 158 valence electrons. The molecule has 0 aliphatic carbocycles. The van der Waals surface area contributed by atoms with Crippen molar-refractivity contribution < 1.29 is 13.9 Å². The third-order valence-electron chi connectivity index (χ3n) is 5.43. The summed E-state index contributed by atoms with van der Waals surface area (Å²) in [5.41, 5.74) is 2.18. The zero-order valence-electron chi connectivity index (χ0n) is 16.7. The smallest absolute Gasteiger partial charge is 0.409 e. The van der Waals surface area contributed by atoms with Gasteiger partial charge in [-0.05, 0) is 43.4 Å². The molecule has 0 atom stereocenters. The van der Waals surface area contributed by atoms with Gasteiger partial charge in [0.25, 0.3) is 0 Å². The number of likely N-dealkylation sites (tertiary alicyclic amines) is 1. The van der Waals surface area contributed by atoms with Gasteiger partial charge in [0.2, 0.25) is 0 Å². The van der Waals surface area contributed by atoms with E-state index in [0.29, 0.717) is 48.5 Å². The summed E-state index contributed by atoms with van der Waals surface area (Å²) >= 11 is 6.26. The first-order valence-corrected chi connectivity index (χ1v) is 10.4. The van der Waals surface area contributed by atoms with Gasteiger partial charge in [0.05, 0.1) is 13.2 Å². The lowest BCUT2D eigenvalue weighted by molar-refractivity contribution is 0.0916. The van der Waals surface area contributed by atoms with Crippen molar-refractivity contribution in [3.63, 3.8) is 0 Å². The molecule has 1 fully saturated rings. The molecule has 1 aliphatic heterocycles. The third kappa shape index (κ3) is 4.38. The summed E-state index contributed by atoms with van der Waals surface area (Å²) in [6.07, 6.45) is 3.66. The standard InChI is InChI=1S/C21H23ClFN5O2/c1-2-30-21(29)27-9-7-14(8-10-27)11-17-26-18-19(22)24-13-25-20(18)28(17)12-15-3-5-16(23)6-4-15/h3-6,13-14H,2,7-12H2,1H3. The molecule has 0 bridgehead atoms. The van der Waals surface area contributed by atoms with Crippen molar-refractivity contribution >= 4 is 28.9 Å². The summed E-state index contributed by atoms with van der Waals surface area (Å²) in [7, 11) is 0. The number of amides is 1. The van der Waals surface area contributed by atoms with Gasteiger partial charge in [0.1, 0.15) is 23.5 Å². The van der Waals surface area contributed by atoms with Crippen LogP contribution in [-0.2, 0) is 17.7 Å². The highest BCUT2D eigenvalue weighted by molar-refractivity contribution is 6.33. The van der Waals surface area contributed by atoms with E-state index in [1.807, 2.05) is 11.5 Å². The number of fused-ring (bicyclic) bond motifs is 1. The highest BCUT2D eigenvalue weighted by Crippen LogP contribution is 2.26. The summed E-state index contributed by atoms with van der Waals surface area (Å²) in [6.45, 7) is 4.05. The number of rotatable bonds is 5. The predicted octanol–water partition coefficient (Wildman–Crippen LogP) is 4.08. The van der Waals surface area contributed by atoms with E-state index < -0.39 is 0 Å². The third-order valence-corrected chi connectivity index (χ3v) is 5.71. The number of piperidine rings is 1. The summed E-state index contributed by atoms with van der Waals surface area (Å²) in [6, 6.07) is 6.40. The number of nitrogens with zero attached hydrogens (tertiary/aromatic N) is 5. The van der Waals surface area contributed by atoms with Gasteiger partial charge < -0.3 is 14.2 Å². The van der Waals surface area contributed by atoms with Crippen LogP contribution in [0.5, 0.6) is 0 Å². The largest absolute Gasteiger partial charge is 0.450 e. The molecular formula is C21H23ClFN5O2. The summed E-state index contributed by atoms with van der Waals surface area (Å²) < 4.78 is 20.4. The molecule has 7 nitrogen and oxygen atoms in total. The number of hydrogen-bond acceptors (Lipinski definition) is 5. The minimum absolute atomic E-state index is 0.249. The highest BCUT2D eigenvalue weighted by Gasteiger charge is 2.26. The van der Waals surface area contributed by atoms with Crippen LogP contribution in [0.2, 0.25) is 5.15 Å². The van der Waals surface area contributed by atoms with Crippen LogP contribution in [0.4, 0.5) is 9.18 Å². The molecule has 0 N–H and O–H groups in total. The Morgan fingerprint density at radius 1 is 1.23 bits per heavy atom. The molecular weight excluding hydrogens is 409 g/mol. The fraction of sp³-hybridized carbons (Fsp3) is 0.429. The van der Waals surface area contributed by atoms with Crippen LogP contribution < -0.4 is 0 Å². The van der Waals surface area contributed by atoms with Gasteiger partial charge in [0, 0.05) is 19.5 Å². The van der Waals surface area contributed by atoms with E-state index in [9.17, 15) is 9.18 Å². The Kier molecular flexibility index (Phi) is 6.13. The zero-order valence-corrected chi connectivity index (χ0v) is 17.5. The Hall–Kier alpha value is -2.74. The second-order valence-corrected chi connectivity index (χ2v) is 7.77. The fourth-order valence-corrected chi connectivity index (χ4v) is 4.01. The van der Waals surface area contributed by atoms with Gasteiger partial charge >= 0.3 is 6.09 Å². The van der Waals surface area contributed by atoms with Crippen molar-refractivity contribution in [2.24, 2.45) is 5.92 Å². The fourth-order valence-electron chi connectivity index (χ4n) is 3.84. The van der Waals surface area contributed by atoms with Crippen LogP contribution in [0.1, 0.15) is 31.2 Å². The van der Waals surface area contributed by atoms with E-state index in [1.54, 1.807) is 17.0 Å². The van der Waals surface area contributed by atoms with Crippen LogP contribution in [-0.4, -0.2) is 50.2 Å². The molecule has 1 aromatic carbocycles. The van der Waals surface area contributed by atoms with Gasteiger partial charge in [-0.3, -0.25) is 0 Å². The quantitative estimate of drug-likeness (QED) is 0.569. The number of hydrogen-bond donors (Lipinski definition) is 0. The summed E-state index contributed by atoms with van der Waals surface area (Å²) in [5.74, 6) is 0.977. The molecule has 0 saturated carbocycles. The maximum absolute atomic E-state index is 13.3. The number of ether oxygens (including phenoxy) is 1. The second-order valence-electron chi connectivity index (χ2n) is 7.41. The molecule has 30 heavy (non-hydrogen) atoms. The Morgan fingerprint density at radius 2 is 1.97 bits per heavy atom. The molecule has 3 heterocycles. The molecule has 1 amide bonds. The van der Waals surface area contributed by atoms with Crippen molar-refractivity contribution in [3.8, 4) is 0 Å². The molecule has 0 unspecified atom stereocenters. The lowest BCUT2D eigenvalue weighted by atomic mass is 9.93. The number of halogens is 2. The number of benzene rings is 1. The van der Waals surface area contributed by atoms with E-state index in [2.05, 4.69) is 9.97 Å². The maximum Gasteiger partial charge on any atom is 0.409 e. The van der Waals surface area contributed by atoms with E-state index in [1.165, 1.54) is 18.5 Å². The SMILES string of the molecule is CCOC(=O)N1CCC(Cc2nc3c(Cl)ncnc3n2Cc2ccc(F)cc2)CC1. The van der Waals surface area contributed by atoms with Gasteiger partial charge in [-0.25, -0.2) is 24.1 Å². The van der Waals surface area contributed by atoms with Crippen molar-refractivity contribution in [3.05, 3.63) is 53.0 Å². The van der Waals surface area contributed by atoms with Crippen LogP contribution in [0.25, 0.3) is 11.2 Å². The molecule has 3 aromatic rings. The van der Waals surface area contributed by atoms with E-state index >= 15 is 0 Å². The molecule has 2 aromatic heterocycles. The molecule has 1 aliphatic rings. The number of carbonyl (C=O) groups excluding carboxylic acids is 1. The molecule has 0 radical (unpaired) electrons. The summed E-state index contributed by atoms with van der Waals surface area (Å²) in [4.78, 5) is 26.8. The van der Waals surface area contributed by atoms with Gasteiger partial charge in [-0.15, -0.1) is 0 Å². The first-order chi connectivity index (χ1) is 14.5. The van der Waals surface area contributed by atoms with Crippen LogP contribution in [0.15, 0.2) is 30.6 Å². The van der Waals surface area contributed by atoms with E-state index in [4.69, 9.17) is 21.3 Å². The second kappa shape index (κ2) is 8.95. The number of aromatic nitrogens is 4. The Morgan fingerprint density at radius 3 is 2.67 bits per heavy atom. The Labute approximate surface area is 178 Å². The lowest BCUT2D eigenvalue weighted by Gasteiger charge is -2.31. The van der Waals surface area contributed by atoms with Gasteiger partial charge in [-0.1, -0.05) is 23.7 Å². The van der Waals surface area contributed by atoms with Crippen molar-refractivity contribution in [2.75, 3.05) is 19.7 Å². The minimum atomic E-state index is -0.270. The van der Waals surface area contributed by atoms with Crippen molar-refractivity contribution in [2.45, 2.75) is 32.7 Å². The summed E-state index contributed by atoms with van der Waals surface area (Å²) in [5, 5.41) is 0.316. The predicted molar refractivity (Wildman–Crippen MR) is 111 cm³/mol. The van der Waals surface area contributed by atoms with Crippen LogP contribution >= 0.6 is 11.6 Å². The molecule has 0 spiro atoms. The monoisotopic (exact) mass is 431 g/mol. The van der Waals surface area contributed by atoms with E-state index in [0.717, 1.165) is 30.7 Å². The van der Waals surface area contributed by atoms with Gasteiger partial charge in [-0.2, -0.15) is 0 Å². The number of carbonyl (C=O) groups is 1. The highest BCUT2D eigenvalue weighted by atomic mass is 35.5. The van der Waals surface area contributed by atoms with Crippen LogP contribution in [0.3, 0.4) is 0 Å². The minimum Gasteiger partial charge on any atom is -0.450 e. The average Bonchev–Trinajstić information content (AvgIpc) is 3.09. The first kappa shape index (κ1) is 20.5. The van der Waals surface area contributed by atoms with Crippen LogP contribution in [0, 0.1) is 11.7 Å². The first-order valence-electron chi connectivity index (χ1n) is 10.1. The maximum atomic E-state index is 13.3. The zero-order chi connectivity index (χ0) is 21.1. The van der Waals surface area contributed by atoms with Crippen molar-refractivity contribution in [1.29, 1.82) is 0 Å². The topological polar surface area (TPSA) is 73.1 Å². The molecule has 1 saturated heterocycles. The molecule has 4 rings (SSSR count). The Balaban J connectivity index is 1.55. The Bertz CT molecular complexity index is 1030. The molecule has 9 heteroatoms. The van der Waals surface area contributed by atoms with Crippen molar-refractivity contribution in [1.82, 2.24) is 24.4 Å². The van der Waals surface area contributed by atoms with E-state index in [-0.39, 0.29) is 11.9 Å². The number of imidazole rings is 1. The van der Waals surface area contributed by atoms with Gasteiger partial charge in [0.15, 0.2) is 10.8 Å². The lowest BCUT2D eigenvalue weighted by Crippen LogP contribution is -2.39.